The highest BCUT2D eigenvalue weighted by atomic mass is 35.5. The Morgan fingerprint density at radius 1 is 1.12 bits per heavy atom. The molecule has 3 aromatic rings. The number of rotatable bonds is 5. The maximum absolute atomic E-state index is 12.9. The van der Waals surface area contributed by atoms with Crippen LogP contribution in [0.3, 0.4) is 0 Å². The van der Waals surface area contributed by atoms with E-state index in [0.29, 0.717) is 34.3 Å². The van der Waals surface area contributed by atoms with Gasteiger partial charge in [-0.15, -0.1) is 0 Å². The summed E-state index contributed by atoms with van der Waals surface area (Å²) in [5, 5.41) is 4.30. The number of aromatic amines is 1. The molecule has 1 saturated carbocycles. The molecule has 0 spiro atoms. The van der Waals surface area contributed by atoms with E-state index in [4.69, 9.17) is 11.6 Å². The molecule has 1 amide bonds. The van der Waals surface area contributed by atoms with E-state index in [2.05, 4.69) is 10.3 Å². The summed E-state index contributed by atoms with van der Waals surface area (Å²) in [6.45, 7) is 0. The number of amides is 1. The highest BCUT2D eigenvalue weighted by Crippen LogP contribution is 2.35. The summed E-state index contributed by atoms with van der Waals surface area (Å²) in [6.07, 6.45) is 2.71. The van der Waals surface area contributed by atoms with Crippen molar-refractivity contribution in [2.75, 3.05) is 5.32 Å². The van der Waals surface area contributed by atoms with Crippen LogP contribution in [-0.4, -0.2) is 16.7 Å². The van der Waals surface area contributed by atoms with Crippen molar-refractivity contribution in [3.63, 3.8) is 0 Å². The summed E-state index contributed by atoms with van der Waals surface area (Å²) in [7, 11) is 0. The van der Waals surface area contributed by atoms with Crippen LogP contribution in [0.2, 0.25) is 5.02 Å². The zero-order valence-corrected chi connectivity index (χ0v) is 14.3. The smallest absolute Gasteiger partial charge is 0.224 e. The van der Waals surface area contributed by atoms with Gasteiger partial charge >= 0.3 is 0 Å². The fraction of sp³-hybridized carbons (Fsp3) is 0.200. The van der Waals surface area contributed by atoms with E-state index >= 15 is 0 Å². The number of anilines is 1. The molecule has 1 fully saturated rings. The van der Waals surface area contributed by atoms with Crippen LogP contribution < -0.4 is 5.32 Å². The van der Waals surface area contributed by atoms with Crippen molar-refractivity contribution in [1.82, 2.24) is 4.98 Å². The van der Waals surface area contributed by atoms with Gasteiger partial charge in [-0.1, -0.05) is 41.9 Å². The van der Waals surface area contributed by atoms with E-state index in [-0.39, 0.29) is 11.7 Å². The predicted octanol–water partition coefficient (Wildman–Crippen LogP) is 4.79. The second-order valence-electron chi connectivity index (χ2n) is 6.46. The highest BCUT2D eigenvalue weighted by Gasteiger charge is 2.26. The molecule has 0 atom stereocenters. The van der Waals surface area contributed by atoms with Crippen LogP contribution in [0, 0.1) is 5.92 Å². The van der Waals surface area contributed by atoms with Gasteiger partial charge in [-0.05, 0) is 37.0 Å². The Kier molecular flexibility index (Phi) is 4.06. The topological polar surface area (TPSA) is 62.0 Å². The first kappa shape index (κ1) is 15.9. The lowest BCUT2D eigenvalue weighted by Gasteiger charge is -2.07. The minimum Gasteiger partial charge on any atom is -0.350 e. The van der Waals surface area contributed by atoms with Gasteiger partial charge in [0.2, 0.25) is 11.7 Å². The zero-order chi connectivity index (χ0) is 17.4. The van der Waals surface area contributed by atoms with E-state index in [1.807, 2.05) is 24.3 Å². The van der Waals surface area contributed by atoms with Crippen molar-refractivity contribution in [1.29, 1.82) is 0 Å². The van der Waals surface area contributed by atoms with Crippen LogP contribution in [0.1, 0.15) is 35.3 Å². The van der Waals surface area contributed by atoms with Gasteiger partial charge in [0.05, 0.1) is 5.69 Å². The largest absolute Gasteiger partial charge is 0.350 e. The Hall–Kier alpha value is -2.59. The third-order valence-corrected chi connectivity index (χ3v) is 4.69. The number of aromatic nitrogens is 1. The average molecular weight is 353 g/mol. The van der Waals surface area contributed by atoms with Gasteiger partial charge in [0.1, 0.15) is 5.69 Å². The van der Waals surface area contributed by atoms with Crippen molar-refractivity contribution >= 4 is 39.9 Å². The van der Waals surface area contributed by atoms with Crippen molar-refractivity contribution < 1.29 is 9.59 Å². The number of ketones is 1. The van der Waals surface area contributed by atoms with Crippen molar-refractivity contribution in [3.8, 4) is 0 Å². The molecule has 5 heteroatoms. The number of hydrogen-bond donors (Lipinski definition) is 2. The highest BCUT2D eigenvalue weighted by molar-refractivity contribution is 6.31. The first-order valence-electron chi connectivity index (χ1n) is 8.32. The van der Waals surface area contributed by atoms with Gasteiger partial charge in [-0.25, -0.2) is 0 Å². The molecule has 0 aliphatic heterocycles. The number of H-pyrrole nitrogens is 1. The van der Waals surface area contributed by atoms with Gasteiger partial charge in [0, 0.05) is 27.9 Å². The number of hydrogen-bond acceptors (Lipinski definition) is 2. The van der Waals surface area contributed by atoms with Crippen LogP contribution in [0.25, 0.3) is 10.9 Å². The summed E-state index contributed by atoms with van der Waals surface area (Å²) in [5.41, 5.74) is 2.21. The molecule has 0 radical (unpaired) electrons. The molecule has 0 bridgehead atoms. The fourth-order valence-electron chi connectivity index (χ4n) is 2.98. The van der Waals surface area contributed by atoms with E-state index in [1.54, 1.807) is 24.3 Å². The Labute approximate surface area is 150 Å². The maximum Gasteiger partial charge on any atom is 0.224 e. The minimum atomic E-state index is -0.158. The van der Waals surface area contributed by atoms with E-state index in [9.17, 15) is 9.59 Å². The normalized spacial score (nSPS) is 13.8. The standard InChI is InChI=1S/C20H17ClN2O2/c21-14-8-9-15-16(11-14)22-19(20(25)13-4-2-1-3-5-13)18(15)23-17(24)10-12-6-7-12/h1-5,8-9,11-12,22H,6-7,10H2,(H,23,24). The number of fused-ring (bicyclic) bond motifs is 1. The molecule has 4 rings (SSSR count). The quantitative estimate of drug-likeness (QED) is 0.648. The molecule has 1 aliphatic rings. The Bertz CT molecular complexity index is 958. The van der Waals surface area contributed by atoms with Gasteiger partial charge in [-0.2, -0.15) is 0 Å². The third-order valence-electron chi connectivity index (χ3n) is 4.46. The second kappa shape index (κ2) is 6.37. The van der Waals surface area contributed by atoms with E-state index in [0.717, 1.165) is 23.7 Å². The van der Waals surface area contributed by atoms with Gasteiger partial charge in [-0.3, -0.25) is 9.59 Å². The lowest BCUT2D eigenvalue weighted by molar-refractivity contribution is -0.116. The first-order chi connectivity index (χ1) is 12.1. The first-order valence-corrected chi connectivity index (χ1v) is 8.70. The Morgan fingerprint density at radius 2 is 1.88 bits per heavy atom. The molecule has 0 saturated heterocycles. The molecular formula is C20H17ClN2O2. The van der Waals surface area contributed by atoms with Crippen molar-refractivity contribution in [2.24, 2.45) is 5.92 Å². The maximum atomic E-state index is 12.9. The Balaban J connectivity index is 1.77. The van der Waals surface area contributed by atoms with Gasteiger partial charge in [0.15, 0.2) is 0 Å². The van der Waals surface area contributed by atoms with Crippen LogP contribution >= 0.6 is 11.6 Å². The molecular weight excluding hydrogens is 336 g/mol. The SMILES string of the molecule is O=C(CC1CC1)Nc1c(C(=O)c2ccccc2)[nH]c2cc(Cl)ccc12. The van der Waals surface area contributed by atoms with Crippen LogP contribution in [-0.2, 0) is 4.79 Å². The number of halogens is 1. The monoisotopic (exact) mass is 352 g/mol. The molecule has 126 valence electrons. The summed E-state index contributed by atoms with van der Waals surface area (Å²) >= 11 is 6.07. The third kappa shape index (κ3) is 3.30. The summed E-state index contributed by atoms with van der Waals surface area (Å²) in [6, 6.07) is 14.4. The fourth-order valence-corrected chi connectivity index (χ4v) is 3.15. The lowest BCUT2D eigenvalue weighted by atomic mass is 10.1. The predicted molar refractivity (Wildman–Crippen MR) is 99.2 cm³/mol. The number of carbonyl (C=O) groups is 2. The molecule has 25 heavy (non-hydrogen) atoms. The molecule has 2 aromatic carbocycles. The summed E-state index contributed by atoms with van der Waals surface area (Å²) in [4.78, 5) is 28.4. The molecule has 0 unspecified atom stereocenters. The minimum absolute atomic E-state index is 0.0551. The number of benzene rings is 2. The zero-order valence-electron chi connectivity index (χ0n) is 13.5. The molecule has 4 nitrogen and oxygen atoms in total. The molecule has 1 aliphatic carbocycles. The van der Waals surface area contributed by atoms with Gasteiger partial charge < -0.3 is 10.3 Å². The molecule has 1 heterocycles. The second-order valence-corrected chi connectivity index (χ2v) is 6.89. The van der Waals surface area contributed by atoms with E-state index < -0.39 is 0 Å². The lowest BCUT2D eigenvalue weighted by Crippen LogP contribution is -2.14. The Morgan fingerprint density at radius 3 is 2.60 bits per heavy atom. The van der Waals surface area contributed by atoms with Crippen molar-refractivity contribution in [2.45, 2.75) is 19.3 Å². The summed E-state index contributed by atoms with van der Waals surface area (Å²) in [5.74, 6) is 0.267. The van der Waals surface area contributed by atoms with Crippen LogP contribution in [0.5, 0.6) is 0 Å². The summed E-state index contributed by atoms with van der Waals surface area (Å²) < 4.78 is 0. The number of carbonyl (C=O) groups excluding carboxylic acids is 2. The van der Waals surface area contributed by atoms with Crippen LogP contribution in [0.4, 0.5) is 5.69 Å². The van der Waals surface area contributed by atoms with E-state index in [1.165, 1.54) is 0 Å². The molecule has 2 N–H and O–H groups in total. The molecule has 1 aromatic heterocycles. The van der Waals surface area contributed by atoms with Crippen LogP contribution in [0.15, 0.2) is 48.5 Å². The van der Waals surface area contributed by atoms with Crippen molar-refractivity contribution in [3.05, 3.63) is 64.8 Å². The van der Waals surface area contributed by atoms with Gasteiger partial charge in [0.25, 0.3) is 0 Å². The number of nitrogens with one attached hydrogen (secondary N) is 2. The average Bonchev–Trinajstić information content (AvgIpc) is 3.36.